The van der Waals surface area contributed by atoms with Crippen LogP contribution in [0.25, 0.3) is 10.2 Å². The third kappa shape index (κ3) is 3.01. The number of hydrogen-bond acceptors (Lipinski definition) is 6. The first-order valence-electron chi connectivity index (χ1n) is 8.80. The molecule has 1 aromatic carbocycles. The summed E-state index contributed by atoms with van der Waals surface area (Å²) in [4.78, 5) is 6.91. The molecule has 7 nitrogen and oxygen atoms in total. The second kappa shape index (κ2) is 6.42. The first-order chi connectivity index (χ1) is 12.3. The lowest BCUT2D eigenvalue weighted by Gasteiger charge is -2.49. The number of piperidine rings is 2. The van der Waals surface area contributed by atoms with Gasteiger partial charge in [-0.25, -0.2) is 4.98 Å². The predicted molar refractivity (Wildman–Crippen MR) is 104 cm³/mol. The molecule has 0 saturated carbocycles. The maximum atomic E-state index is 12.5. The minimum atomic E-state index is -3.46. The van der Waals surface area contributed by atoms with Gasteiger partial charge in [-0.05, 0) is 25.0 Å². The molecule has 9 heteroatoms. The molecule has 0 spiro atoms. The van der Waals surface area contributed by atoms with Gasteiger partial charge in [0, 0.05) is 46.2 Å². The Labute approximate surface area is 158 Å². The number of anilines is 1. The Bertz CT molecular complexity index is 881. The van der Waals surface area contributed by atoms with Crippen LogP contribution in [0.1, 0.15) is 12.8 Å². The standard InChI is InChI=1S/C17H24N4O3S2/c1-19(2)26(23,24)21-10-8-17(22)7-9-20(11-13(17)12-21)16-18-14-5-3-4-6-15(14)25-16/h3-6,13,22H,7-12H2,1-2H3/t13-,17-/m1/s1. The molecule has 2 fully saturated rings. The van der Waals surface area contributed by atoms with Crippen LogP contribution >= 0.6 is 11.3 Å². The number of nitrogens with zero attached hydrogens (tertiary/aromatic N) is 4. The van der Waals surface area contributed by atoms with Gasteiger partial charge in [0.1, 0.15) is 0 Å². The number of aliphatic hydroxyl groups is 1. The molecule has 2 saturated heterocycles. The lowest BCUT2D eigenvalue weighted by atomic mass is 9.76. The highest BCUT2D eigenvalue weighted by Crippen LogP contribution is 2.39. The molecule has 1 aromatic heterocycles. The van der Waals surface area contributed by atoms with Crippen LogP contribution < -0.4 is 4.90 Å². The van der Waals surface area contributed by atoms with E-state index in [1.807, 2.05) is 18.2 Å². The minimum Gasteiger partial charge on any atom is -0.389 e. The summed E-state index contributed by atoms with van der Waals surface area (Å²) in [5.74, 6) is -0.119. The number of aromatic nitrogens is 1. The summed E-state index contributed by atoms with van der Waals surface area (Å²) < 4.78 is 28.8. The fourth-order valence-electron chi connectivity index (χ4n) is 3.88. The monoisotopic (exact) mass is 396 g/mol. The summed E-state index contributed by atoms with van der Waals surface area (Å²) >= 11 is 1.65. The van der Waals surface area contributed by atoms with Crippen LogP contribution in [-0.2, 0) is 10.2 Å². The molecule has 3 heterocycles. The van der Waals surface area contributed by atoms with Crippen molar-refractivity contribution in [1.82, 2.24) is 13.6 Å². The molecule has 2 atom stereocenters. The van der Waals surface area contributed by atoms with Gasteiger partial charge < -0.3 is 10.0 Å². The molecule has 0 radical (unpaired) electrons. The van der Waals surface area contributed by atoms with Gasteiger partial charge in [0.2, 0.25) is 0 Å². The van der Waals surface area contributed by atoms with Crippen molar-refractivity contribution in [3.63, 3.8) is 0 Å². The molecule has 26 heavy (non-hydrogen) atoms. The number of fused-ring (bicyclic) bond motifs is 2. The predicted octanol–water partition coefficient (Wildman–Crippen LogP) is 1.37. The molecule has 0 bridgehead atoms. The molecule has 0 amide bonds. The van der Waals surface area contributed by atoms with E-state index >= 15 is 0 Å². The van der Waals surface area contributed by atoms with Gasteiger partial charge in [-0.2, -0.15) is 17.0 Å². The van der Waals surface area contributed by atoms with Crippen molar-refractivity contribution >= 4 is 36.9 Å². The van der Waals surface area contributed by atoms with Crippen LogP contribution in [0.15, 0.2) is 24.3 Å². The SMILES string of the molecule is CN(C)S(=O)(=O)N1CC[C@]2(O)CCN(c3nc4ccccc4s3)C[C@@H]2C1. The fourth-order valence-corrected chi connectivity index (χ4v) is 6.03. The van der Waals surface area contributed by atoms with Crippen LogP contribution in [0.2, 0.25) is 0 Å². The van der Waals surface area contributed by atoms with Crippen LogP contribution in [0.5, 0.6) is 0 Å². The molecule has 2 aliphatic rings. The second-order valence-corrected chi connectivity index (χ2v) is 10.5. The van der Waals surface area contributed by atoms with E-state index in [4.69, 9.17) is 4.98 Å². The summed E-state index contributed by atoms with van der Waals surface area (Å²) in [6.07, 6.45) is 1.13. The third-order valence-electron chi connectivity index (χ3n) is 5.57. The zero-order chi connectivity index (χ0) is 18.5. The third-order valence-corrected chi connectivity index (χ3v) is 8.58. The van der Waals surface area contributed by atoms with Crippen molar-refractivity contribution in [2.45, 2.75) is 18.4 Å². The van der Waals surface area contributed by atoms with E-state index in [-0.39, 0.29) is 5.92 Å². The van der Waals surface area contributed by atoms with E-state index in [0.717, 1.165) is 21.9 Å². The van der Waals surface area contributed by atoms with Gasteiger partial charge >= 0.3 is 0 Å². The Kier molecular flexibility index (Phi) is 4.47. The molecule has 0 aliphatic carbocycles. The largest absolute Gasteiger partial charge is 0.389 e. The van der Waals surface area contributed by atoms with E-state index in [2.05, 4.69) is 11.0 Å². The van der Waals surface area contributed by atoms with Crippen molar-refractivity contribution < 1.29 is 13.5 Å². The number of rotatable bonds is 3. The molecular weight excluding hydrogens is 372 g/mol. The van der Waals surface area contributed by atoms with Crippen molar-refractivity contribution in [2.75, 3.05) is 45.2 Å². The second-order valence-electron chi connectivity index (χ2n) is 7.36. The fraction of sp³-hybridized carbons (Fsp3) is 0.588. The van der Waals surface area contributed by atoms with Crippen LogP contribution in [-0.4, -0.2) is 73.0 Å². The average Bonchev–Trinajstić information content (AvgIpc) is 3.04. The summed E-state index contributed by atoms with van der Waals surface area (Å²) in [7, 11) is -0.364. The highest BCUT2D eigenvalue weighted by Gasteiger charge is 2.47. The Morgan fingerprint density at radius 3 is 2.69 bits per heavy atom. The Morgan fingerprint density at radius 1 is 1.23 bits per heavy atom. The van der Waals surface area contributed by atoms with Gasteiger partial charge in [-0.1, -0.05) is 23.5 Å². The van der Waals surface area contributed by atoms with Crippen LogP contribution in [0.4, 0.5) is 5.13 Å². The Morgan fingerprint density at radius 2 is 1.96 bits per heavy atom. The maximum absolute atomic E-state index is 12.5. The average molecular weight is 397 g/mol. The van der Waals surface area contributed by atoms with Gasteiger partial charge in [0.05, 0.1) is 15.8 Å². The Hall–Kier alpha value is -1.26. The number of hydrogen-bond donors (Lipinski definition) is 1. The van der Waals surface area contributed by atoms with Gasteiger partial charge in [0.25, 0.3) is 10.2 Å². The summed E-state index contributed by atoms with van der Waals surface area (Å²) in [5, 5.41) is 12.0. The van der Waals surface area contributed by atoms with Crippen LogP contribution in [0, 0.1) is 5.92 Å². The first kappa shape index (κ1) is 18.1. The molecular formula is C17H24N4O3S2. The number of benzene rings is 1. The van der Waals surface area contributed by atoms with Crippen molar-refractivity contribution in [2.24, 2.45) is 5.92 Å². The maximum Gasteiger partial charge on any atom is 0.281 e. The zero-order valence-electron chi connectivity index (χ0n) is 15.0. The molecule has 4 rings (SSSR count). The van der Waals surface area contributed by atoms with E-state index in [1.54, 1.807) is 25.4 Å². The van der Waals surface area contributed by atoms with Crippen molar-refractivity contribution in [3.8, 4) is 0 Å². The zero-order valence-corrected chi connectivity index (χ0v) is 16.6. The Balaban J connectivity index is 1.56. The first-order valence-corrected chi connectivity index (χ1v) is 11.0. The highest BCUT2D eigenvalue weighted by molar-refractivity contribution is 7.86. The molecule has 0 unspecified atom stereocenters. The molecule has 2 aliphatic heterocycles. The molecule has 142 valence electrons. The highest BCUT2D eigenvalue weighted by atomic mass is 32.2. The lowest BCUT2D eigenvalue weighted by Crippen LogP contribution is -2.61. The van der Waals surface area contributed by atoms with E-state index in [9.17, 15) is 13.5 Å². The number of para-hydroxylation sites is 1. The molecule has 2 aromatic rings. The van der Waals surface area contributed by atoms with Gasteiger partial charge in [-0.15, -0.1) is 0 Å². The van der Waals surface area contributed by atoms with Crippen molar-refractivity contribution in [1.29, 1.82) is 0 Å². The van der Waals surface area contributed by atoms with Crippen LogP contribution in [0.3, 0.4) is 0 Å². The summed E-state index contributed by atoms with van der Waals surface area (Å²) in [5.41, 5.74) is 0.194. The number of thiazole rings is 1. The van der Waals surface area contributed by atoms with Gasteiger partial charge in [0.15, 0.2) is 5.13 Å². The summed E-state index contributed by atoms with van der Waals surface area (Å²) in [6, 6.07) is 8.04. The van der Waals surface area contributed by atoms with E-state index in [1.165, 1.54) is 8.61 Å². The molecule has 1 N–H and O–H groups in total. The topological polar surface area (TPSA) is 77.0 Å². The van der Waals surface area contributed by atoms with Gasteiger partial charge in [-0.3, -0.25) is 0 Å². The van der Waals surface area contributed by atoms with E-state index < -0.39 is 15.8 Å². The van der Waals surface area contributed by atoms with E-state index in [0.29, 0.717) is 32.5 Å². The summed E-state index contributed by atoms with van der Waals surface area (Å²) in [6.45, 7) is 2.08. The minimum absolute atomic E-state index is 0.119. The lowest BCUT2D eigenvalue weighted by molar-refractivity contribution is -0.0693. The van der Waals surface area contributed by atoms with Crippen molar-refractivity contribution in [3.05, 3.63) is 24.3 Å². The normalized spacial score (nSPS) is 27.8. The quantitative estimate of drug-likeness (QED) is 0.848. The smallest absolute Gasteiger partial charge is 0.281 e.